The monoisotopic (exact) mass is 431 g/mol. The fourth-order valence-electron chi connectivity index (χ4n) is 2.78. The van der Waals surface area contributed by atoms with Gasteiger partial charge in [-0.3, -0.25) is 4.79 Å². The van der Waals surface area contributed by atoms with Gasteiger partial charge in [0.25, 0.3) is 5.91 Å². The van der Waals surface area contributed by atoms with Gasteiger partial charge in [-0.25, -0.2) is 13.2 Å². The minimum Gasteiger partial charge on any atom is -0.452 e. The minimum atomic E-state index is -3.10. The van der Waals surface area contributed by atoms with Gasteiger partial charge in [0.05, 0.1) is 17.1 Å². The summed E-state index contributed by atoms with van der Waals surface area (Å²) in [5.74, 6) is -0.687. The van der Waals surface area contributed by atoms with Gasteiger partial charge in [0, 0.05) is 17.1 Å². The molecule has 0 bridgehead atoms. The lowest BCUT2D eigenvalue weighted by Crippen LogP contribution is -2.45. The predicted octanol–water partition coefficient (Wildman–Crippen LogP) is 2.28. The number of esters is 1. The van der Waals surface area contributed by atoms with Crippen molar-refractivity contribution >= 4 is 37.6 Å². The number of hydrogen-bond acceptors (Lipinski definition) is 5. The van der Waals surface area contributed by atoms with Crippen LogP contribution in [-0.4, -0.2) is 55.9 Å². The second-order valence-corrected chi connectivity index (χ2v) is 9.73. The number of sulfone groups is 1. The molecule has 0 aliphatic carbocycles. The first kappa shape index (κ1) is 19.9. The van der Waals surface area contributed by atoms with E-state index in [-0.39, 0.29) is 29.4 Å². The Kier molecular flexibility index (Phi) is 6.62. The molecule has 1 saturated heterocycles. The summed E-state index contributed by atoms with van der Waals surface area (Å²) in [4.78, 5) is 26.1. The van der Waals surface area contributed by atoms with Crippen molar-refractivity contribution < 1.29 is 22.7 Å². The molecule has 0 spiro atoms. The van der Waals surface area contributed by atoms with Crippen molar-refractivity contribution in [2.45, 2.75) is 26.3 Å². The topological polar surface area (TPSA) is 80.8 Å². The number of carbonyl (C=O) groups is 2. The van der Waals surface area contributed by atoms with E-state index < -0.39 is 22.4 Å². The number of benzene rings is 1. The first-order valence-electron chi connectivity index (χ1n) is 8.10. The number of rotatable bonds is 6. The van der Waals surface area contributed by atoms with Gasteiger partial charge in [0.2, 0.25) is 0 Å². The molecule has 25 heavy (non-hydrogen) atoms. The molecule has 138 valence electrons. The number of nitrogens with zero attached hydrogens (tertiary/aromatic N) is 1. The number of carbonyl (C=O) groups excluding carboxylic acids is 2. The Labute approximate surface area is 156 Å². The molecule has 2 rings (SSSR count). The highest BCUT2D eigenvalue weighted by Gasteiger charge is 2.35. The van der Waals surface area contributed by atoms with E-state index in [9.17, 15) is 18.0 Å². The molecule has 0 radical (unpaired) electrons. The number of halogens is 1. The van der Waals surface area contributed by atoms with Crippen molar-refractivity contribution in [1.82, 2.24) is 4.90 Å². The van der Waals surface area contributed by atoms with Gasteiger partial charge in [-0.05, 0) is 30.5 Å². The molecule has 1 heterocycles. The fourth-order valence-corrected chi connectivity index (χ4v) is 4.91. The van der Waals surface area contributed by atoms with Crippen molar-refractivity contribution in [1.29, 1.82) is 0 Å². The first-order chi connectivity index (χ1) is 11.7. The molecular weight excluding hydrogens is 410 g/mol. The maximum atomic E-state index is 12.5. The molecule has 1 aliphatic heterocycles. The summed E-state index contributed by atoms with van der Waals surface area (Å²) in [6.07, 6.45) is 0.431. The summed E-state index contributed by atoms with van der Waals surface area (Å²) in [6, 6.07) is 6.36. The van der Waals surface area contributed by atoms with Crippen molar-refractivity contribution in [2.75, 3.05) is 24.7 Å². The van der Waals surface area contributed by atoms with Gasteiger partial charge < -0.3 is 9.64 Å². The van der Waals surface area contributed by atoms with Gasteiger partial charge >= 0.3 is 5.97 Å². The lowest BCUT2D eigenvalue weighted by molar-refractivity contribution is -0.137. The molecule has 1 aromatic carbocycles. The molecule has 1 atom stereocenters. The molecule has 0 N–H and O–H groups in total. The average Bonchev–Trinajstić information content (AvgIpc) is 2.89. The van der Waals surface area contributed by atoms with Gasteiger partial charge in [0.15, 0.2) is 16.4 Å². The zero-order valence-electron chi connectivity index (χ0n) is 14.3. The lowest BCUT2D eigenvalue weighted by Gasteiger charge is -2.29. The van der Waals surface area contributed by atoms with E-state index in [1.807, 2.05) is 13.8 Å². The fraction of sp³-hybridized carbons (Fsp3) is 0.529. The molecule has 6 nitrogen and oxygen atoms in total. The van der Waals surface area contributed by atoms with Crippen LogP contribution in [0.5, 0.6) is 0 Å². The van der Waals surface area contributed by atoms with Crippen molar-refractivity contribution in [3.05, 3.63) is 34.3 Å². The van der Waals surface area contributed by atoms with Crippen LogP contribution in [0.15, 0.2) is 28.7 Å². The number of amides is 1. The van der Waals surface area contributed by atoms with Gasteiger partial charge in [-0.15, -0.1) is 0 Å². The Hall–Kier alpha value is -1.41. The molecule has 0 saturated carbocycles. The maximum Gasteiger partial charge on any atom is 0.338 e. The normalized spacial score (nSPS) is 19.0. The molecule has 1 aliphatic rings. The zero-order valence-corrected chi connectivity index (χ0v) is 16.7. The van der Waals surface area contributed by atoms with E-state index in [4.69, 9.17) is 4.74 Å². The van der Waals surface area contributed by atoms with Gasteiger partial charge in [-0.2, -0.15) is 0 Å². The van der Waals surface area contributed by atoms with Crippen LogP contribution in [0.4, 0.5) is 0 Å². The Morgan fingerprint density at radius 1 is 1.36 bits per heavy atom. The standard InChI is InChI=1S/C17H22BrNO5S/c1-12(2)9-19(15-6-7-25(22,23)11-15)16(20)10-24-17(21)13-4-3-5-14(18)8-13/h3-5,8,12,15H,6-7,9-11H2,1-2H3. The SMILES string of the molecule is CC(C)CN(C(=O)COC(=O)c1cccc(Br)c1)C1CCS(=O)(=O)C1. The number of hydrogen-bond donors (Lipinski definition) is 0. The van der Waals surface area contributed by atoms with Crippen LogP contribution in [0.2, 0.25) is 0 Å². The third-order valence-corrected chi connectivity index (χ3v) is 6.16. The second kappa shape index (κ2) is 8.31. The quantitative estimate of drug-likeness (QED) is 0.645. The summed E-state index contributed by atoms with van der Waals surface area (Å²) in [5.41, 5.74) is 0.348. The maximum absolute atomic E-state index is 12.5. The highest BCUT2D eigenvalue weighted by atomic mass is 79.9. The Morgan fingerprint density at radius 3 is 2.64 bits per heavy atom. The van der Waals surface area contributed by atoms with E-state index in [1.54, 1.807) is 29.2 Å². The van der Waals surface area contributed by atoms with Crippen LogP contribution < -0.4 is 0 Å². The molecule has 1 unspecified atom stereocenters. The van der Waals surface area contributed by atoms with Crippen molar-refractivity contribution in [3.63, 3.8) is 0 Å². The Bertz CT molecular complexity index is 747. The van der Waals surface area contributed by atoms with Crippen molar-refractivity contribution in [3.8, 4) is 0 Å². The van der Waals surface area contributed by atoms with E-state index in [2.05, 4.69) is 15.9 Å². The summed E-state index contributed by atoms with van der Waals surface area (Å²) >= 11 is 3.28. The first-order valence-corrected chi connectivity index (χ1v) is 10.7. The van der Waals surface area contributed by atoms with Crippen LogP contribution in [0.3, 0.4) is 0 Å². The molecule has 1 fully saturated rings. The summed E-state index contributed by atoms with van der Waals surface area (Å²) in [7, 11) is -3.10. The number of ether oxygens (including phenoxy) is 1. The molecule has 8 heteroatoms. The average molecular weight is 432 g/mol. The Morgan fingerprint density at radius 2 is 2.08 bits per heavy atom. The Balaban J connectivity index is 2.01. The van der Waals surface area contributed by atoms with E-state index in [0.717, 1.165) is 4.47 Å². The molecule has 1 aromatic rings. The van der Waals surface area contributed by atoms with Crippen LogP contribution in [0.1, 0.15) is 30.6 Å². The highest BCUT2D eigenvalue weighted by molar-refractivity contribution is 9.10. The third-order valence-electron chi connectivity index (χ3n) is 3.92. The zero-order chi connectivity index (χ0) is 18.6. The van der Waals surface area contributed by atoms with E-state index in [1.165, 1.54) is 0 Å². The van der Waals surface area contributed by atoms with Crippen LogP contribution >= 0.6 is 15.9 Å². The molecular formula is C17H22BrNO5S. The van der Waals surface area contributed by atoms with Gasteiger partial charge in [0.1, 0.15) is 0 Å². The van der Waals surface area contributed by atoms with Crippen molar-refractivity contribution in [2.24, 2.45) is 5.92 Å². The summed E-state index contributed by atoms with van der Waals surface area (Å²) < 4.78 is 29.3. The lowest BCUT2D eigenvalue weighted by atomic mass is 10.1. The van der Waals surface area contributed by atoms with Crippen LogP contribution in [0, 0.1) is 5.92 Å². The molecule has 0 aromatic heterocycles. The molecule has 1 amide bonds. The largest absolute Gasteiger partial charge is 0.452 e. The third kappa shape index (κ3) is 5.81. The minimum absolute atomic E-state index is 0.0228. The smallest absolute Gasteiger partial charge is 0.338 e. The van der Waals surface area contributed by atoms with E-state index >= 15 is 0 Å². The van der Waals surface area contributed by atoms with Crippen LogP contribution in [-0.2, 0) is 19.4 Å². The highest BCUT2D eigenvalue weighted by Crippen LogP contribution is 2.19. The predicted molar refractivity (Wildman–Crippen MR) is 98.0 cm³/mol. The van der Waals surface area contributed by atoms with E-state index in [0.29, 0.717) is 18.5 Å². The summed E-state index contributed by atoms with van der Waals surface area (Å²) in [5, 5.41) is 0. The van der Waals surface area contributed by atoms with Gasteiger partial charge in [-0.1, -0.05) is 35.8 Å². The van der Waals surface area contributed by atoms with Crippen LogP contribution in [0.25, 0.3) is 0 Å². The second-order valence-electron chi connectivity index (χ2n) is 6.58. The summed E-state index contributed by atoms with van der Waals surface area (Å²) in [6.45, 7) is 3.95.